The second-order valence-corrected chi connectivity index (χ2v) is 5.12. The predicted molar refractivity (Wildman–Crippen MR) is 72.8 cm³/mol. The number of hydrogen-bond acceptors (Lipinski definition) is 5. The lowest BCUT2D eigenvalue weighted by molar-refractivity contribution is 0.102. The Hall–Kier alpha value is -2.02. The van der Waals surface area contributed by atoms with Gasteiger partial charge in [-0.25, -0.2) is 4.39 Å². The van der Waals surface area contributed by atoms with Gasteiger partial charge >= 0.3 is 0 Å². The van der Waals surface area contributed by atoms with Crippen LogP contribution in [0.3, 0.4) is 0 Å². The van der Waals surface area contributed by atoms with Crippen molar-refractivity contribution in [2.45, 2.75) is 19.8 Å². The first kappa shape index (κ1) is 13.4. The summed E-state index contributed by atoms with van der Waals surface area (Å²) in [7, 11) is 0. The van der Waals surface area contributed by atoms with Gasteiger partial charge in [0.2, 0.25) is 0 Å². The molecule has 0 fully saturated rings. The van der Waals surface area contributed by atoms with Crippen LogP contribution < -0.4 is 11.1 Å². The first-order valence-electron chi connectivity index (χ1n) is 5.67. The molecule has 1 aromatic heterocycles. The number of aromatic nitrogens is 2. The van der Waals surface area contributed by atoms with Crippen LogP contribution in [0.5, 0.6) is 0 Å². The van der Waals surface area contributed by atoms with Gasteiger partial charge in [0.25, 0.3) is 5.91 Å². The van der Waals surface area contributed by atoms with Crippen LogP contribution in [0.25, 0.3) is 0 Å². The number of hydrogen-bond donors (Lipinski definition) is 2. The Morgan fingerprint density at radius 1 is 1.42 bits per heavy atom. The van der Waals surface area contributed by atoms with Gasteiger partial charge in [0.1, 0.15) is 10.7 Å². The van der Waals surface area contributed by atoms with Gasteiger partial charge in [-0.15, -0.1) is 5.10 Å². The average Bonchev–Trinajstić information content (AvgIpc) is 2.75. The number of carbonyl (C=O) groups is 1. The molecule has 0 saturated carbocycles. The Balaban J connectivity index is 2.23. The molecule has 0 saturated heterocycles. The van der Waals surface area contributed by atoms with Gasteiger partial charge in [-0.05, 0) is 35.6 Å². The van der Waals surface area contributed by atoms with Gasteiger partial charge in [-0.2, -0.15) is 0 Å². The van der Waals surface area contributed by atoms with Crippen LogP contribution in [0.1, 0.15) is 35.1 Å². The van der Waals surface area contributed by atoms with E-state index >= 15 is 0 Å². The summed E-state index contributed by atoms with van der Waals surface area (Å²) in [6, 6.07) is 3.88. The number of anilines is 2. The summed E-state index contributed by atoms with van der Waals surface area (Å²) in [5.41, 5.74) is 6.71. The molecule has 2 rings (SSSR count). The zero-order chi connectivity index (χ0) is 14.0. The van der Waals surface area contributed by atoms with Crippen LogP contribution in [-0.4, -0.2) is 15.5 Å². The van der Waals surface area contributed by atoms with Crippen molar-refractivity contribution < 1.29 is 9.18 Å². The summed E-state index contributed by atoms with van der Waals surface area (Å²) >= 11 is 1.02. The molecule has 0 bridgehead atoms. The lowest BCUT2D eigenvalue weighted by atomic mass is 10.1. The molecule has 100 valence electrons. The second-order valence-electron chi connectivity index (χ2n) is 4.37. The van der Waals surface area contributed by atoms with E-state index in [4.69, 9.17) is 5.73 Å². The maximum absolute atomic E-state index is 13.2. The minimum Gasteiger partial charge on any atom is -0.399 e. The maximum atomic E-state index is 13.2. The summed E-state index contributed by atoms with van der Waals surface area (Å²) in [6.45, 7) is 3.85. The average molecular weight is 280 g/mol. The molecule has 0 spiro atoms. The van der Waals surface area contributed by atoms with Crippen molar-refractivity contribution in [1.82, 2.24) is 9.59 Å². The number of halogens is 1. The molecule has 0 aliphatic heterocycles. The third kappa shape index (κ3) is 3.05. The molecule has 0 aliphatic carbocycles. The first-order valence-corrected chi connectivity index (χ1v) is 6.44. The van der Waals surface area contributed by atoms with E-state index in [1.807, 2.05) is 13.8 Å². The van der Waals surface area contributed by atoms with Crippen LogP contribution in [0.4, 0.5) is 15.8 Å². The number of nitrogens with one attached hydrogen (secondary N) is 1. The predicted octanol–water partition coefficient (Wildman–Crippen LogP) is 2.64. The molecule has 0 radical (unpaired) electrons. The molecule has 3 N–H and O–H groups in total. The lowest BCUT2D eigenvalue weighted by Gasteiger charge is -2.07. The summed E-state index contributed by atoms with van der Waals surface area (Å²) in [5.74, 6) is -0.761. The Bertz CT molecular complexity index is 591. The molecule has 1 heterocycles. The molecule has 1 amide bonds. The van der Waals surface area contributed by atoms with Gasteiger partial charge in [0, 0.05) is 11.4 Å². The number of nitrogen functional groups attached to an aromatic ring is 1. The second kappa shape index (κ2) is 5.31. The molecular formula is C12H13FN4OS. The van der Waals surface area contributed by atoms with E-state index in [0.29, 0.717) is 16.3 Å². The summed E-state index contributed by atoms with van der Waals surface area (Å²) in [6.07, 6.45) is 0. The third-order valence-electron chi connectivity index (χ3n) is 2.44. The van der Waals surface area contributed by atoms with E-state index in [9.17, 15) is 9.18 Å². The molecule has 0 unspecified atom stereocenters. The minimum absolute atomic E-state index is 0.0945. The highest BCUT2D eigenvalue weighted by Gasteiger charge is 2.18. The van der Waals surface area contributed by atoms with E-state index in [-0.39, 0.29) is 17.5 Å². The number of amides is 1. The van der Waals surface area contributed by atoms with E-state index < -0.39 is 5.82 Å². The molecule has 0 atom stereocenters. The smallest absolute Gasteiger partial charge is 0.269 e. The van der Waals surface area contributed by atoms with Crippen molar-refractivity contribution in [3.63, 3.8) is 0 Å². The monoisotopic (exact) mass is 280 g/mol. The summed E-state index contributed by atoms with van der Waals surface area (Å²) < 4.78 is 16.9. The topological polar surface area (TPSA) is 80.9 Å². The quantitative estimate of drug-likeness (QED) is 0.847. The minimum atomic E-state index is -0.498. The van der Waals surface area contributed by atoms with Crippen molar-refractivity contribution in [1.29, 1.82) is 0 Å². The Labute approximate surface area is 113 Å². The number of benzene rings is 1. The van der Waals surface area contributed by atoms with Gasteiger partial charge < -0.3 is 11.1 Å². The molecule has 0 aliphatic rings. The fourth-order valence-electron chi connectivity index (χ4n) is 1.61. The zero-order valence-corrected chi connectivity index (χ0v) is 11.3. The fraction of sp³-hybridized carbons (Fsp3) is 0.250. The number of rotatable bonds is 3. The summed E-state index contributed by atoms with van der Waals surface area (Å²) in [5, 5.41) is 6.52. The van der Waals surface area contributed by atoms with Crippen LogP contribution in [0.2, 0.25) is 0 Å². The standard InChI is InChI=1S/C12H13FN4OS/c1-6(2)10-11(19-17-16-10)12(18)15-9-4-7(13)3-8(14)5-9/h3-6H,14H2,1-2H3,(H,15,18). The van der Waals surface area contributed by atoms with Crippen molar-refractivity contribution >= 4 is 28.8 Å². The largest absolute Gasteiger partial charge is 0.399 e. The highest BCUT2D eigenvalue weighted by Crippen LogP contribution is 2.22. The zero-order valence-electron chi connectivity index (χ0n) is 10.5. The van der Waals surface area contributed by atoms with Gasteiger partial charge in [0.15, 0.2) is 0 Å². The van der Waals surface area contributed by atoms with Gasteiger partial charge in [-0.1, -0.05) is 18.3 Å². The Morgan fingerprint density at radius 2 is 2.16 bits per heavy atom. The SMILES string of the molecule is CC(C)c1nnsc1C(=O)Nc1cc(N)cc(F)c1. The maximum Gasteiger partial charge on any atom is 0.269 e. The lowest BCUT2D eigenvalue weighted by Crippen LogP contribution is -2.13. The molecule has 2 aromatic rings. The van der Waals surface area contributed by atoms with Crippen LogP contribution in [-0.2, 0) is 0 Å². The normalized spacial score (nSPS) is 10.7. The molecule has 7 heteroatoms. The molecular weight excluding hydrogens is 267 g/mol. The highest BCUT2D eigenvalue weighted by atomic mass is 32.1. The van der Waals surface area contributed by atoms with Crippen molar-refractivity contribution in [2.24, 2.45) is 0 Å². The molecule has 5 nitrogen and oxygen atoms in total. The Morgan fingerprint density at radius 3 is 2.79 bits per heavy atom. The van der Waals surface area contributed by atoms with E-state index in [2.05, 4.69) is 14.9 Å². The summed E-state index contributed by atoms with van der Waals surface area (Å²) in [4.78, 5) is 12.5. The number of nitrogens with zero attached hydrogens (tertiary/aromatic N) is 2. The van der Waals surface area contributed by atoms with Crippen LogP contribution >= 0.6 is 11.5 Å². The Kier molecular flexibility index (Phi) is 3.75. The third-order valence-corrected chi connectivity index (χ3v) is 3.18. The van der Waals surface area contributed by atoms with Crippen LogP contribution in [0, 0.1) is 5.82 Å². The first-order chi connectivity index (χ1) is 8.97. The van der Waals surface area contributed by atoms with E-state index in [1.165, 1.54) is 18.2 Å². The van der Waals surface area contributed by atoms with Gasteiger partial charge in [-0.3, -0.25) is 4.79 Å². The van der Waals surface area contributed by atoms with E-state index in [0.717, 1.165) is 11.5 Å². The van der Waals surface area contributed by atoms with Crippen molar-refractivity contribution in [3.05, 3.63) is 34.6 Å². The molecule has 19 heavy (non-hydrogen) atoms. The number of carbonyl (C=O) groups excluding carboxylic acids is 1. The highest BCUT2D eigenvalue weighted by molar-refractivity contribution is 7.08. The van der Waals surface area contributed by atoms with E-state index in [1.54, 1.807) is 0 Å². The van der Waals surface area contributed by atoms with Crippen molar-refractivity contribution in [2.75, 3.05) is 11.1 Å². The van der Waals surface area contributed by atoms with Crippen molar-refractivity contribution in [3.8, 4) is 0 Å². The fourth-order valence-corrected chi connectivity index (χ4v) is 2.32. The van der Waals surface area contributed by atoms with Gasteiger partial charge in [0.05, 0.1) is 5.69 Å². The van der Waals surface area contributed by atoms with Crippen LogP contribution in [0.15, 0.2) is 18.2 Å². The molecule has 1 aromatic carbocycles. The number of nitrogens with two attached hydrogens (primary N) is 1.